The maximum Gasteiger partial charge on any atom is 0.105 e. The average Bonchev–Trinajstić information content (AvgIpc) is 2.77. The van der Waals surface area contributed by atoms with Gasteiger partial charge in [0.1, 0.15) is 5.03 Å². The van der Waals surface area contributed by atoms with E-state index in [9.17, 15) is 5.11 Å². The van der Waals surface area contributed by atoms with E-state index < -0.39 is 0 Å². The van der Waals surface area contributed by atoms with Crippen molar-refractivity contribution >= 4 is 11.8 Å². The predicted octanol–water partition coefficient (Wildman–Crippen LogP) is 2.37. The van der Waals surface area contributed by atoms with Gasteiger partial charge in [0.15, 0.2) is 0 Å². The SMILES string of the molecule is CNCc1c(C)nn(-c2ccccc2)c1SC(C)CO. The Bertz CT molecular complexity index is 554. The number of aliphatic hydroxyl groups excluding tert-OH is 1. The number of nitrogens with zero attached hydrogens (tertiary/aromatic N) is 2. The summed E-state index contributed by atoms with van der Waals surface area (Å²) in [5.74, 6) is 0. The number of aliphatic hydroxyl groups is 1. The molecule has 2 rings (SSSR count). The highest BCUT2D eigenvalue weighted by molar-refractivity contribution is 7.99. The van der Waals surface area contributed by atoms with Gasteiger partial charge in [0, 0.05) is 17.4 Å². The van der Waals surface area contributed by atoms with Crippen molar-refractivity contribution in [3.8, 4) is 5.69 Å². The summed E-state index contributed by atoms with van der Waals surface area (Å²) in [5.41, 5.74) is 3.27. The summed E-state index contributed by atoms with van der Waals surface area (Å²) < 4.78 is 1.97. The molecule has 0 saturated heterocycles. The zero-order chi connectivity index (χ0) is 14.5. The van der Waals surface area contributed by atoms with E-state index in [2.05, 4.69) is 10.4 Å². The molecule has 0 saturated carbocycles. The van der Waals surface area contributed by atoms with Gasteiger partial charge in [-0.15, -0.1) is 11.8 Å². The second-order valence-electron chi connectivity index (χ2n) is 4.76. The zero-order valence-corrected chi connectivity index (χ0v) is 12.9. The highest BCUT2D eigenvalue weighted by atomic mass is 32.2. The Morgan fingerprint density at radius 3 is 2.65 bits per heavy atom. The van der Waals surface area contributed by atoms with Crippen LogP contribution in [0.1, 0.15) is 18.2 Å². The summed E-state index contributed by atoms with van der Waals surface area (Å²) in [4.78, 5) is 0. The van der Waals surface area contributed by atoms with Crippen molar-refractivity contribution in [3.05, 3.63) is 41.6 Å². The minimum Gasteiger partial charge on any atom is -0.395 e. The molecule has 0 spiro atoms. The molecule has 1 aromatic heterocycles. The molecule has 0 bridgehead atoms. The molecule has 0 aliphatic carbocycles. The fourth-order valence-electron chi connectivity index (χ4n) is 2.01. The molecule has 0 radical (unpaired) electrons. The van der Waals surface area contributed by atoms with E-state index in [1.807, 2.05) is 55.9 Å². The van der Waals surface area contributed by atoms with E-state index in [1.165, 1.54) is 5.56 Å². The summed E-state index contributed by atoms with van der Waals surface area (Å²) in [6.45, 7) is 4.98. The fraction of sp³-hybridized carbons (Fsp3) is 0.400. The zero-order valence-electron chi connectivity index (χ0n) is 12.1. The number of aromatic nitrogens is 2. The molecule has 20 heavy (non-hydrogen) atoms. The maximum atomic E-state index is 9.32. The van der Waals surface area contributed by atoms with Gasteiger partial charge in [0.05, 0.1) is 18.0 Å². The molecule has 2 aromatic rings. The molecule has 1 aromatic carbocycles. The summed E-state index contributed by atoms with van der Waals surface area (Å²) in [7, 11) is 1.93. The minimum atomic E-state index is 0.143. The Kier molecular flexibility index (Phi) is 5.23. The van der Waals surface area contributed by atoms with Crippen LogP contribution in [0, 0.1) is 6.92 Å². The molecule has 0 fully saturated rings. The first kappa shape index (κ1) is 15.1. The monoisotopic (exact) mass is 291 g/mol. The van der Waals surface area contributed by atoms with Crippen LogP contribution >= 0.6 is 11.8 Å². The number of thioether (sulfide) groups is 1. The van der Waals surface area contributed by atoms with Gasteiger partial charge in [0.25, 0.3) is 0 Å². The van der Waals surface area contributed by atoms with E-state index in [0.717, 1.165) is 23.0 Å². The molecule has 0 aliphatic heterocycles. The van der Waals surface area contributed by atoms with Crippen LogP contribution in [0.5, 0.6) is 0 Å². The first-order valence-corrected chi connectivity index (χ1v) is 7.61. The predicted molar refractivity (Wildman–Crippen MR) is 83.5 cm³/mol. The topological polar surface area (TPSA) is 50.1 Å². The standard InChI is InChI=1S/C15H21N3OS/c1-11(10-19)20-15-14(9-16-3)12(2)17-18(15)13-7-5-4-6-8-13/h4-8,11,16,19H,9-10H2,1-3H3. The van der Waals surface area contributed by atoms with Gasteiger partial charge in [0.2, 0.25) is 0 Å². The molecule has 1 atom stereocenters. The van der Waals surface area contributed by atoms with Crippen LogP contribution in [-0.2, 0) is 6.54 Å². The van der Waals surface area contributed by atoms with Gasteiger partial charge in [-0.2, -0.15) is 5.10 Å². The highest BCUT2D eigenvalue weighted by Crippen LogP contribution is 2.31. The molecule has 4 nitrogen and oxygen atoms in total. The molecule has 1 heterocycles. The van der Waals surface area contributed by atoms with Crippen LogP contribution in [0.3, 0.4) is 0 Å². The lowest BCUT2D eigenvalue weighted by Crippen LogP contribution is -2.10. The van der Waals surface area contributed by atoms with Crippen LogP contribution in [0.25, 0.3) is 5.69 Å². The van der Waals surface area contributed by atoms with E-state index >= 15 is 0 Å². The van der Waals surface area contributed by atoms with Crippen molar-refractivity contribution in [1.82, 2.24) is 15.1 Å². The van der Waals surface area contributed by atoms with E-state index in [-0.39, 0.29) is 11.9 Å². The van der Waals surface area contributed by atoms with Crippen molar-refractivity contribution in [2.24, 2.45) is 0 Å². The summed E-state index contributed by atoms with van der Waals surface area (Å²) in [5, 5.41) is 18.4. The normalized spacial score (nSPS) is 12.6. The number of aryl methyl sites for hydroxylation is 1. The number of hydrogen-bond donors (Lipinski definition) is 2. The van der Waals surface area contributed by atoms with E-state index in [0.29, 0.717) is 0 Å². The van der Waals surface area contributed by atoms with Crippen LogP contribution in [-0.4, -0.2) is 33.8 Å². The van der Waals surface area contributed by atoms with Crippen LogP contribution in [0.15, 0.2) is 35.4 Å². The summed E-state index contributed by atoms with van der Waals surface area (Å²) in [6, 6.07) is 10.1. The Labute approximate surface area is 124 Å². The Morgan fingerprint density at radius 1 is 1.35 bits per heavy atom. The van der Waals surface area contributed by atoms with Crippen LogP contribution in [0.2, 0.25) is 0 Å². The van der Waals surface area contributed by atoms with Gasteiger partial charge in [-0.3, -0.25) is 0 Å². The summed E-state index contributed by atoms with van der Waals surface area (Å²) >= 11 is 1.66. The second-order valence-corrected chi connectivity index (χ2v) is 6.18. The average molecular weight is 291 g/mol. The second kappa shape index (κ2) is 6.92. The minimum absolute atomic E-state index is 0.143. The van der Waals surface area contributed by atoms with Crippen molar-refractivity contribution in [2.45, 2.75) is 30.7 Å². The lowest BCUT2D eigenvalue weighted by molar-refractivity contribution is 0.300. The Morgan fingerprint density at radius 2 is 2.05 bits per heavy atom. The van der Waals surface area contributed by atoms with Crippen molar-refractivity contribution in [3.63, 3.8) is 0 Å². The first-order chi connectivity index (χ1) is 9.67. The molecule has 5 heteroatoms. The number of rotatable bonds is 6. The Hall–Kier alpha value is -1.30. The van der Waals surface area contributed by atoms with Gasteiger partial charge >= 0.3 is 0 Å². The maximum absolute atomic E-state index is 9.32. The van der Waals surface area contributed by atoms with Crippen LogP contribution in [0.4, 0.5) is 0 Å². The quantitative estimate of drug-likeness (QED) is 0.802. The number of hydrogen-bond acceptors (Lipinski definition) is 4. The molecule has 1 unspecified atom stereocenters. The molecule has 0 amide bonds. The van der Waals surface area contributed by atoms with Gasteiger partial charge in [-0.1, -0.05) is 25.1 Å². The fourth-order valence-corrected chi connectivity index (χ4v) is 3.08. The van der Waals surface area contributed by atoms with E-state index in [4.69, 9.17) is 0 Å². The summed E-state index contributed by atoms with van der Waals surface area (Å²) in [6.07, 6.45) is 0. The number of nitrogens with one attached hydrogen (secondary N) is 1. The highest BCUT2D eigenvalue weighted by Gasteiger charge is 2.18. The van der Waals surface area contributed by atoms with Gasteiger partial charge in [-0.05, 0) is 26.1 Å². The first-order valence-electron chi connectivity index (χ1n) is 6.73. The van der Waals surface area contributed by atoms with Crippen LogP contribution < -0.4 is 5.32 Å². The Balaban J connectivity index is 2.47. The van der Waals surface area contributed by atoms with Gasteiger partial charge in [-0.25, -0.2) is 4.68 Å². The van der Waals surface area contributed by atoms with Crippen molar-refractivity contribution in [1.29, 1.82) is 0 Å². The van der Waals surface area contributed by atoms with Crippen molar-refractivity contribution < 1.29 is 5.11 Å². The molecular weight excluding hydrogens is 270 g/mol. The van der Waals surface area contributed by atoms with Crippen molar-refractivity contribution in [2.75, 3.05) is 13.7 Å². The lowest BCUT2D eigenvalue weighted by Gasteiger charge is -2.12. The third-order valence-corrected chi connectivity index (χ3v) is 4.26. The number of benzene rings is 1. The molecule has 0 aliphatic rings. The largest absolute Gasteiger partial charge is 0.395 e. The smallest absolute Gasteiger partial charge is 0.105 e. The van der Waals surface area contributed by atoms with E-state index in [1.54, 1.807) is 11.8 Å². The number of para-hydroxylation sites is 1. The molecular formula is C15H21N3OS. The third-order valence-electron chi connectivity index (χ3n) is 3.06. The lowest BCUT2D eigenvalue weighted by atomic mass is 10.2. The third kappa shape index (κ3) is 3.23. The molecule has 2 N–H and O–H groups in total. The van der Waals surface area contributed by atoms with Gasteiger partial charge < -0.3 is 10.4 Å². The molecule has 108 valence electrons.